The van der Waals surface area contributed by atoms with Crippen molar-refractivity contribution in [3.63, 3.8) is 0 Å². The fraction of sp³-hybridized carbons (Fsp3) is 0.381. The number of imidazole rings is 1. The van der Waals surface area contributed by atoms with Crippen LogP contribution in [0.2, 0.25) is 5.02 Å². The summed E-state index contributed by atoms with van der Waals surface area (Å²) in [6.07, 6.45) is 6.60. The lowest BCUT2D eigenvalue weighted by Crippen LogP contribution is -2.35. The van der Waals surface area contributed by atoms with Crippen LogP contribution < -0.4 is 10.1 Å². The van der Waals surface area contributed by atoms with Crippen LogP contribution in [0.3, 0.4) is 0 Å². The Hall–Kier alpha value is -2.84. The average Bonchev–Trinajstić information content (AvgIpc) is 3.39. The van der Waals surface area contributed by atoms with Crippen molar-refractivity contribution in [1.29, 1.82) is 0 Å². The topological polar surface area (TPSA) is 83.2 Å². The molecule has 2 aliphatic heterocycles. The van der Waals surface area contributed by atoms with Gasteiger partial charge in [-0.1, -0.05) is 17.7 Å². The van der Waals surface area contributed by atoms with Gasteiger partial charge in [0.25, 0.3) is 5.91 Å². The maximum atomic E-state index is 13.0. The van der Waals surface area contributed by atoms with Crippen molar-refractivity contribution in [2.24, 2.45) is 0 Å². The standard InChI is InChI=1S/C21H22ClN5O3/c1-29-18-7-4-6-15(19(18)22)27-17-11-30-10-14(13(17)9-24-27)25-21(28)20-16-5-2-3-8-26(16)12-23-20/h4,6-7,9,12,14H,2-3,5,8,10-11H2,1H3,(H,25,28)/t14-/m0/s1. The molecule has 30 heavy (non-hydrogen) atoms. The van der Waals surface area contributed by atoms with Crippen LogP contribution in [0.15, 0.2) is 30.7 Å². The third-order valence-corrected chi connectivity index (χ3v) is 6.10. The largest absolute Gasteiger partial charge is 0.495 e. The average molecular weight is 428 g/mol. The number of carbonyl (C=O) groups excluding carboxylic acids is 1. The third-order valence-electron chi connectivity index (χ3n) is 5.72. The van der Waals surface area contributed by atoms with E-state index in [2.05, 4.69) is 20.0 Å². The molecule has 0 saturated heterocycles. The molecule has 0 aliphatic carbocycles. The van der Waals surface area contributed by atoms with Gasteiger partial charge < -0.3 is 19.4 Å². The molecule has 2 aromatic heterocycles. The lowest BCUT2D eigenvalue weighted by molar-refractivity contribution is 0.0684. The van der Waals surface area contributed by atoms with Crippen LogP contribution in [0.1, 0.15) is 46.3 Å². The SMILES string of the molecule is COc1cccc(-n2ncc3c2COC[C@@H]3NC(=O)c2ncn3c2CCCC3)c1Cl. The Morgan fingerprint density at radius 3 is 3.10 bits per heavy atom. The van der Waals surface area contributed by atoms with Crippen molar-refractivity contribution in [2.45, 2.75) is 38.5 Å². The summed E-state index contributed by atoms with van der Waals surface area (Å²) in [5, 5.41) is 8.07. The number of carbonyl (C=O) groups is 1. The lowest BCUT2D eigenvalue weighted by atomic mass is 10.0. The molecule has 3 aromatic rings. The van der Waals surface area contributed by atoms with Gasteiger partial charge in [0.15, 0.2) is 0 Å². The van der Waals surface area contributed by atoms with Crippen molar-refractivity contribution in [3.05, 3.63) is 58.4 Å². The van der Waals surface area contributed by atoms with Crippen LogP contribution in [-0.4, -0.2) is 39.0 Å². The highest BCUT2D eigenvalue weighted by Gasteiger charge is 2.29. The second kappa shape index (κ2) is 7.77. The van der Waals surface area contributed by atoms with Crippen molar-refractivity contribution in [1.82, 2.24) is 24.6 Å². The number of benzene rings is 1. The first-order valence-corrected chi connectivity index (χ1v) is 10.4. The Morgan fingerprint density at radius 1 is 1.33 bits per heavy atom. The molecule has 2 aliphatic rings. The fourth-order valence-electron chi connectivity index (χ4n) is 4.19. The normalized spacial score (nSPS) is 17.9. The van der Waals surface area contributed by atoms with Gasteiger partial charge in [0.1, 0.15) is 16.5 Å². The van der Waals surface area contributed by atoms with Crippen molar-refractivity contribution < 1.29 is 14.3 Å². The summed E-state index contributed by atoms with van der Waals surface area (Å²) >= 11 is 6.49. The minimum Gasteiger partial charge on any atom is -0.495 e. The number of halogens is 1. The predicted molar refractivity (Wildman–Crippen MR) is 110 cm³/mol. The van der Waals surface area contributed by atoms with Crippen molar-refractivity contribution >= 4 is 17.5 Å². The molecule has 1 amide bonds. The molecule has 1 N–H and O–H groups in total. The molecule has 0 fully saturated rings. The van der Waals surface area contributed by atoms with Crippen LogP contribution in [-0.2, 0) is 24.3 Å². The minimum atomic E-state index is -0.305. The van der Waals surface area contributed by atoms with E-state index in [4.69, 9.17) is 21.1 Å². The molecule has 1 aromatic carbocycles. The number of aryl methyl sites for hydroxylation is 1. The summed E-state index contributed by atoms with van der Waals surface area (Å²) < 4.78 is 14.9. The van der Waals surface area contributed by atoms with E-state index in [-0.39, 0.29) is 11.9 Å². The molecule has 5 rings (SSSR count). The van der Waals surface area contributed by atoms with Crippen LogP contribution in [0.25, 0.3) is 5.69 Å². The van der Waals surface area contributed by atoms with Gasteiger partial charge in [-0.2, -0.15) is 5.10 Å². The Kier molecular flexibility index (Phi) is 4.96. The van der Waals surface area contributed by atoms with E-state index in [1.807, 2.05) is 12.1 Å². The molecule has 156 valence electrons. The molecule has 4 heterocycles. The van der Waals surface area contributed by atoms with E-state index in [1.54, 1.807) is 30.4 Å². The fourth-order valence-corrected chi connectivity index (χ4v) is 4.47. The van der Waals surface area contributed by atoms with Gasteiger partial charge in [0, 0.05) is 12.1 Å². The van der Waals surface area contributed by atoms with Gasteiger partial charge >= 0.3 is 0 Å². The zero-order valence-corrected chi connectivity index (χ0v) is 17.4. The molecule has 0 bridgehead atoms. The highest BCUT2D eigenvalue weighted by Crippen LogP contribution is 2.34. The molecule has 1 atom stereocenters. The molecule has 0 radical (unpaired) electrons. The Morgan fingerprint density at radius 2 is 2.23 bits per heavy atom. The molecular weight excluding hydrogens is 406 g/mol. The highest BCUT2D eigenvalue weighted by atomic mass is 35.5. The number of methoxy groups -OCH3 is 1. The van der Waals surface area contributed by atoms with E-state index in [9.17, 15) is 4.79 Å². The monoisotopic (exact) mass is 427 g/mol. The molecule has 0 unspecified atom stereocenters. The van der Waals surface area contributed by atoms with Gasteiger partial charge in [-0.15, -0.1) is 0 Å². The number of amides is 1. The maximum Gasteiger partial charge on any atom is 0.272 e. The molecule has 0 spiro atoms. The first kappa shape index (κ1) is 19.1. The van der Waals surface area contributed by atoms with E-state index in [1.165, 1.54) is 0 Å². The first-order valence-electron chi connectivity index (χ1n) is 9.99. The summed E-state index contributed by atoms with van der Waals surface area (Å²) in [5.41, 5.74) is 3.99. The van der Waals surface area contributed by atoms with Crippen LogP contribution in [0, 0.1) is 0 Å². The van der Waals surface area contributed by atoms with E-state index in [0.717, 1.165) is 42.8 Å². The highest BCUT2D eigenvalue weighted by molar-refractivity contribution is 6.33. The summed E-state index contributed by atoms with van der Waals surface area (Å²) in [4.78, 5) is 17.3. The van der Waals surface area contributed by atoms with E-state index in [0.29, 0.717) is 35.4 Å². The Labute approximate surface area is 178 Å². The van der Waals surface area contributed by atoms with Crippen LogP contribution in [0.4, 0.5) is 0 Å². The number of hydrogen-bond donors (Lipinski definition) is 1. The zero-order valence-electron chi connectivity index (χ0n) is 16.6. The van der Waals surface area contributed by atoms with Gasteiger partial charge in [-0.05, 0) is 31.4 Å². The quantitative estimate of drug-likeness (QED) is 0.691. The van der Waals surface area contributed by atoms with Gasteiger partial charge in [-0.3, -0.25) is 4.79 Å². The summed E-state index contributed by atoms with van der Waals surface area (Å²) in [5.74, 6) is 0.392. The number of fused-ring (bicyclic) bond motifs is 2. The van der Waals surface area contributed by atoms with Crippen LogP contribution >= 0.6 is 11.6 Å². The van der Waals surface area contributed by atoms with Gasteiger partial charge in [0.2, 0.25) is 0 Å². The summed E-state index contributed by atoms with van der Waals surface area (Å²) in [7, 11) is 1.58. The van der Waals surface area contributed by atoms with E-state index < -0.39 is 0 Å². The van der Waals surface area contributed by atoms with Crippen molar-refractivity contribution in [2.75, 3.05) is 13.7 Å². The lowest BCUT2D eigenvalue weighted by Gasteiger charge is -2.25. The third kappa shape index (κ3) is 3.16. The van der Waals surface area contributed by atoms with Crippen molar-refractivity contribution in [3.8, 4) is 11.4 Å². The van der Waals surface area contributed by atoms with Crippen LogP contribution in [0.5, 0.6) is 5.75 Å². The second-order valence-corrected chi connectivity index (χ2v) is 7.86. The number of nitrogens with zero attached hydrogens (tertiary/aromatic N) is 4. The van der Waals surface area contributed by atoms with Gasteiger partial charge in [0.05, 0.1) is 56.0 Å². The molecule has 0 saturated carbocycles. The Bertz CT molecular complexity index is 1110. The number of aromatic nitrogens is 4. The van der Waals surface area contributed by atoms with E-state index >= 15 is 0 Å². The minimum absolute atomic E-state index is 0.181. The molecule has 9 heteroatoms. The predicted octanol–water partition coefficient (Wildman–Crippen LogP) is 3.07. The first-order chi connectivity index (χ1) is 14.7. The zero-order chi connectivity index (χ0) is 20.7. The smallest absolute Gasteiger partial charge is 0.272 e. The Balaban J connectivity index is 1.43. The number of ether oxygens (including phenoxy) is 2. The van der Waals surface area contributed by atoms with Gasteiger partial charge in [-0.25, -0.2) is 9.67 Å². The summed E-state index contributed by atoms with van der Waals surface area (Å²) in [6.45, 7) is 1.68. The number of rotatable bonds is 4. The molecular formula is C21H22ClN5O3. The molecule has 8 nitrogen and oxygen atoms in total. The number of nitrogens with one attached hydrogen (secondary N) is 1. The summed E-state index contributed by atoms with van der Waals surface area (Å²) in [6, 6.07) is 5.23. The second-order valence-electron chi connectivity index (χ2n) is 7.48. The maximum absolute atomic E-state index is 13.0. The number of hydrogen-bond acceptors (Lipinski definition) is 5.